The van der Waals surface area contributed by atoms with E-state index in [0.717, 1.165) is 5.56 Å². The molecule has 2 aromatic carbocycles. The molecule has 6 heteroatoms. The zero-order valence-electron chi connectivity index (χ0n) is 10.7. The van der Waals surface area contributed by atoms with Crippen LogP contribution in [0.5, 0.6) is 11.5 Å². The minimum absolute atomic E-state index is 0.0234. The fraction of sp³-hybridized carbons (Fsp3) is 0.0714. The molecule has 0 atom stereocenters. The number of nitrogens with zero attached hydrogens (tertiary/aromatic N) is 2. The number of hydrogen-bond donors (Lipinski definition) is 1. The van der Waals surface area contributed by atoms with E-state index in [1.54, 1.807) is 30.5 Å². The van der Waals surface area contributed by atoms with E-state index >= 15 is 0 Å². The minimum Gasteiger partial charge on any atom is -0.504 e. The van der Waals surface area contributed by atoms with Gasteiger partial charge in [-0.1, -0.05) is 0 Å². The number of aliphatic imine (C=N–C) groups is 1. The molecule has 0 aliphatic carbocycles. The number of ether oxygens (including phenoxy) is 1. The van der Waals surface area contributed by atoms with Crippen LogP contribution >= 0.6 is 0 Å². The van der Waals surface area contributed by atoms with Crippen LogP contribution in [0.1, 0.15) is 5.56 Å². The summed E-state index contributed by atoms with van der Waals surface area (Å²) in [6.45, 7) is 0. The van der Waals surface area contributed by atoms with Crippen molar-refractivity contribution in [3.8, 4) is 11.5 Å². The van der Waals surface area contributed by atoms with Gasteiger partial charge in [0.1, 0.15) is 0 Å². The summed E-state index contributed by atoms with van der Waals surface area (Å²) >= 11 is 0. The number of nitro benzene ring substituents is 1. The Morgan fingerprint density at radius 3 is 2.55 bits per heavy atom. The fourth-order valence-corrected chi connectivity index (χ4v) is 1.58. The number of hydrogen-bond acceptors (Lipinski definition) is 5. The Balaban J connectivity index is 2.18. The zero-order valence-corrected chi connectivity index (χ0v) is 10.7. The molecular weight excluding hydrogens is 260 g/mol. The van der Waals surface area contributed by atoms with Crippen LogP contribution in [-0.4, -0.2) is 23.4 Å². The Bertz CT molecular complexity index is 651. The molecule has 0 fully saturated rings. The summed E-state index contributed by atoms with van der Waals surface area (Å²) in [4.78, 5) is 14.3. The summed E-state index contributed by atoms with van der Waals surface area (Å²) in [6, 6.07) is 10.7. The molecule has 0 saturated heterocycles. The lowest BCUT2D eigenvalue weighted by atomic mass is 10.2. The molecule has 0 heterocycles. The van der Waals surface area contributed by atoms with E-state index in [1.807, 2.05) is 0 Å². The Morgan fingerprint density at radius 1 is 1.25 bits per heavy atom. The Kier molecular flexibility index (Phi) is 3.95. The van der Waals surface area contributed by atoms with Crippen LogP contribution in [0.25, 0.3) is 0 Å². The molecule has 2 rings (SSSR count). The topological polar surface area (TPSA) is 85.0 Å². The van der Waals surface area contributed by atoms with Gasteiger partial charge in [0.2, 0.25) is 0 Å². The highest BCUT2D eigenvalue weighted by molar-refractivity contribution is 5.83. The minimum atomic E-state index is -0.460. The third-order valence-electron chi connectivity index (χ3n) is 2.63. The van der Waals surface area contributed by atoms with Crippen molar-refractivity contribution in [2.24, 2.45) is 4.99 Å². The first-order valence-electron chi connectivity index (χ1n) is 5.75. The molecule has 0 saturated carbocycles. The van der Waals surface area contributed by atoms with Crippen molar-refractivity contribution in [1.82, 2.24) is 0 Å². The summed E-state index contributed by atoms with van der Waals surface area (Å²) in [7, 11) is 1.46. The van der Waals surface area contributed by atoms with Gasteiger partial charge in [-0.3, -0.25) is 15.1 Å². The van der Waals surface area contributed by atoms with Crippen LogP contribution in [-0.2, 0) is 0 Å². The van der Waals surface area contributed by atoms with Gasteiger partial charge in [-0.05, 0) is 35.9 Å². The summed E-state index contributed by atoms with van der Waals surface area (Å²) in [5, 5.41) is 20.0. The highest BCUT2D eigenvalue weighted by Gasteiger charge is 2.03. The van der Waals surface area contributed by atoms with Crippen molar-refractivity contribution in [2.45, 2.75) is 0 Å². The van der Waals surface area contributed by atoms with Gasteiger partial charge in [0, 0.05) is 18.3 Å². The number of non-ortho nitro benzene ring substituents is 1. The quantitative estimate of drug-likeness (QED) is 0.526. The number of phenols is 1. The first-order valence-corrected chi connectivity index (χ1v) is 5.75. The largest absolute Gasteiger partial charge is 0.504 e. The Labute approximate surface area is 115 Å². The summed E-state index contributed by atoms with van der Waals surface area (Å²) in [5.41, 5.74) is 1.37. The van der Waals surface area contributed by atoms with Crippen molar-refractivity contribution in [3.05, 3.63) is 58.1 Å². The van der Waals surface area contributed by atoms with Gasteiger partial charge in [-0.2, -0.15) is 0 Å². The van der Waals surface area contributed by atoms with Gasteiger partial charge in [0.15, 0.2) is 11.5 Å². The molecule has 1 N–H and O–H groups in total. The highest BCUT2D eigenvalue weighted by Crippen LogP contribution is 2.26. The third kappa shape index (κ3) is 3.11. The van der Waals surface area contributed by atoms with Crippen molar-refractivity contribution in [3.63, 3.8) is 0 Å². The molecule has 6 nitrogen and oxygen atoms in total. The molecular formula is C14H12N2O4. The van der Waals surface area contributed by atoms with Gasteiger partial charge >= 0.3 is 0 Å². The monoisotopic (exact) mass is 272 g/mol. The molecule has 2 aromatic rings. The van der Waals surface area contributed by atoms with Crippen LogP contribution in [0, 0.1) is 10.1 Å². The predicted octanol–water partition coefficient (Wildman–Crippen LogP) is 3.06. The lowest BCUT2D eigenvalue weighted by Crippen LogP contribution is -1.87. The first kappa shape index (κ1) is 13.5. The first-order chi connectivity index (χ1) is 9.60. The van der Waals surface area contributed by atoms with E-state index in [2.05, 4.69) is 4.99 Å². The van der Waals surface area contributed by atoms with Gasteiger partial charge in [-0.15, -0.1) is 0 Å². The summed E-state index contributed by atoms with van der Waals surface area (Å²) in [6.07, 6.45) is 1.59. The summed E-state index contributed by atoms with van der Waals surface area (Å²) in [5.74, 6) is 0.414. The van der Waals surface area contributed by atoms with Gasteiger partial charge < -0.3 is 9.84 Å². The molecule has 0 aliphatic heterocycles. The van der Waals surface area contributed by atoms with Crippen LogP contribution in [0.2, 0.25) is 0 Å². The van der Waals surface area contributed by atoms with E-state index in [1.165, 1.54) is 25.3 Å². The number of nitro groups is 1. The maximum atomic E-state index is 10.5. The Morgan fingerprint density at radius 2 is 1.95 bits per heavy atom. The number of methoxy groups -OCH3 is 1. The van der Waals surface area contributed by atoms with Crippen molar-refractivity contribution < 1.29 is 14.8 Å². The van der Waals surface area contributed by atoms with Crippen LogP contribution < -0.4 is 4.74 Å². The van der Waals surface area contributed by atoms with E-state index in [9.17, 15) is 15.2 Å². The fourth-order valence-electron chi connectivity index (χ4n) is 1.58. The second-order valence-corrected chi connectivity index (χ2v) is 3.96. The van der Waals surface area contributed by atoms with Crippen LogP contribution in [0.15, 0.2) is 47.5 Å². The molecule has 0 unspecified atom stereocenters. The molecule has 0 aromatic heterocycles. The number of benzene rings is 2. The highest BCUT2D eigenvalue weighted by atomic mass is 16.6. The van der Waals surface area contributed by atoms with Gasteiger partial charge in [0.05, 0.1) is 17.7 Å². The second-order valence-electron chi connectivity index (χ2n) is 3.96. The summed E-state index contributed by atoms with van der Waals surface area (Å²) < 4.78 is 4.99. The van der Waals surface area contributed by atoms with Crippen LogP contribution in [0.3, 0.4) is 0 Å². The molecule has 0 bridgehead atoms. The SMILES string of the molecule is COc1cc(C=Nc2ccc([N+](=O)[O-])cc2)ccc1O. The number of rotatable bonds is 4. The van der Waals surface area contributed by atoms with E-state index in [4.69, 9.17) is 4.74 Å². The normalized spacial score (nSPS) is 10.7. The molecule has 0 amide bonds. The molecule has 0 spiro atoms. The average Bonchev–Trinajstić information content (AvgIpc) is 2.46. The lowest BCUT2D eigenvalue weighted by Gasteiger charge is -2.03. The van der Waals surface area contributed by atoms with Crippen molar-refractivity contribution in [1.29, 1.82) is 0 Å². The van der Waals surface area contributed by atoms with Crippen LogP contribution in [0.4, 0.5) is 11.4 Å². The molecule has 102 valence electrons. The Hall–Kier alpha value is -2.89. The molecule has 20 heavy (non-hydrogen) atoms. The van der Waals surface area contributed by atoms with Crippen molar-refractivity contribution in [2.75, 3.05) is 7.11 Å². The van der Waals surface area contributed by atoms with Gasteiger partial charge in [0.25, 0.3) is 5.69 Å². The predicted molar refractivity (Wildman–Crippen MR) is 75.0 cm³/mol. The maximum absolute atomic E-state index is 10.5. The molecule has 0 radical (unpaired) electrons. The van der Waals surface area contributed by atoms with Crippen molar-refractivity contribution >= 4 is 17.6 Å². The number of phenolic OH excluding ortho intramolecular Hbond substituents is 1. The second kappa shape index (κ2) is 5.83. The smallest absolute Gasteiger partial charge is 0.269 e. The van der Waals surface area contributed by atoms with E-state index in [-0.39, 0.29) is 11.4 Å². The van der Waals surface area contributed by atoms with E-state index < -0.39 is 4.92 Å². The lowest BCUT2D eigenvalue weighted by molar-refractivity contribution is -0.384. The third-order valence-corrected chi connectivity index (χ3v) is 2.63. The average molecular weight is 272 g/mol. The van der Waals surface area contributed by atoms with Gasteiger partial charge in [-0.25, -0.2) is 0 Å². The number of aromatic hydroxyl groups is 1. The molecule has 0 aliphatic rings. The maximum Gasteiger partial charge on any atom is 0.269 e. The van der Waals surface area contributed by atoms with E-state index in [0.29, 0.717) is 11.4 Å². The zero-order chi connectivity index (χ0) is 14.5. The standard InChI is InChI=1S/C14H12N2O4/c1-20-14-8-10(2-7-13(14)17)9-15-11-3-5-12(6-4-11)16(18)19/h2-9,17H,1H3.